The molecule has 1 spiro atoms. The van der Waals surface area contributed by atoms with Crippen molar-refractivity contribution < 1.29 is 4.79 Å². The molecule has 2 aromatic rings. The summed E-state index contributed by atoms with van der Waals surface area (Å²) in [6, 6.07) is 10.5. The fourth-order valence-corrected chi connectivity index (χ4v) is 4.68. The second kappa shape index (κ2) is 6.06. The molecule has 0 aliphatic carbocycles. The molecule has 120 valence electrons. The van der Waals surface area contributed by atoms with Crippen LogP contribution in [0.3, 0.4) is 0 Å². The normalized spacial score (nSPS) is 24.0. The summed E-state index contributed by atoms with van der Waals surface area (Å²) in [5.41, 5.74) is 1.23. The minimum atomic E-state index is -0.0577. The van der Waals surface area contributed by atoms with Crippen molar-refractivity contribution in [3.05, 3.63) is 52.5 Å². The van der Waals surface area contributed by atoms with Crippen molar-refractivity contribution in [2.24, 2.45) is 0 Å². The zero-order valence-corrected chi connectivity index (χ0v) is 13.9. The Morgan fingerprint density at radius 2 is 2.04 bits per heavy atom. The van der Waals surface area contributed by atoms with E-state index in [1.165, 1.54) is 10.6 Å². The average Bonchev–Trinajstić information content (AvgIpc) is 3.19. The lowest BCUT2D eigenvalue weighted by Gasteiger charge is -2.42. The van der Waals surface area contributed by atoms with E-state index < -0.39 is 0 Å². The van der Waals surface area contributed by atoms with E-state index in [1.54, 1.807) is 11.3 Å². The summed E-state index contributed by atoms with van der Waals surface area (Å²) >= 11 is 1.72. The lowest BCUT2D eigenvalue weighted by Crippen LogP contribution is -2.53. The van der Waals surface area contributed by atoms with Gasteiger partial charge >= 0.3 is 0 Å². The Balaban J connectivity index is 1.49. The van der Waals surface area contributed by atoms with Crippen LogP contribution in [0, 0.1) is 0 Å². The molecule has 2 aliphatic rings. The standard InChI is InChI=1S/C18H21N3OS/c22-16-12-15(14-4-2-1-3-5-14)18(20-16)6-9-21(10-7-18)13-17-19-8-11-23-17/h1-5,8,11,15H,6-7,9-10,12-13H2,(H,20,22). The maximum atomic E-state index is 12.1. The molecule has 5 heteroatoms. The number of nitrogens with zero attached hydrogens (tertiary/aromatic N) is 2. The van der Waals surface area contributed by atoms with Gasteiger partial charge in [0.1, 0.15) is 5.01 Å². The summed E-state index contributed by atoms with van der Waals surface area (Å²) in [6.45, 7) is 2.96. The summed E-state index contributed by atoms with van der Waals surface area (Å²) in [4.78, 5) is 18.9. The number of likely N-dealkylation sites (tertiary alicyclic amines) is 1. The minimum absolute atomic E-state index is 0.0577. The number of nitrogens with one attached hydrogen (secondary N) is 1. The first-order valence-electron chi connectivity index (χ1n) is 8.22. The van der Waals surface area contributed by atoms with Gasteiger partial charge in [-0.05, 0) is 18.4 Å². The van der Waals surface area contributed by atoms with Crippen LogP contribution < -0.4 is 5.32 Å². The summed E-state index contributed by atoms with van der Waals surface area (Å²) in [5, 5.41) is 6.53. The molecule has 23 heavy (non-hydrogen) atoms. The van der Waals surface area contributed by atoms with E-state index in [-0.39, 0.29) is 11.4 Å². The molecule has 4 nitrogen and oxygen atoms in total. The number of aromatic nitrogens is 1. The predicted molar refractivity (Wildman–Crippen MR) is 91.3 cm³/mol. The van der Waals surface area contributed by atoms with E-state index in [9.17, 15) is 4.79 Å². The van der Waals surface area contributed by atoms with Crippen LogP contribution in [0.4, 0.5) is 0 Å². The molecule has 2 fully saturated rings. The molecule has 1 N–H and O–H groups in total. The van der Waals surface area contributed by atoms with Crippen LogP contribution in [0.1, 0.15) is 35.8 Å². The van der Waals surface area contributed by atoms with Gasteiger partial charge in [-0.2, -0.15) is 0 Å². The van der Waals surface area contributed by atoms with Crippen LogP contribution in [0.2, 0.25) is 0 Å². The van der Waals surface area contributed by atoms with Gasteiger partial charge in [-0.25, -0.2) is 4.98 Å². The van der Waals surface area contributed by atoms with E-state index in [1.807, 2.05) is 17.6 Å². The van der Waals surface area contributed by atoms with Gasteiger partial charge in [0.2, 0.25) is 5.91 Å². The number of hydrogen-bond donors (Lipinski definition) is 1. The Morgan fingerprint density at radius 1 is 1.26 bits per heavy atom. The highest BCUT2D eigenvalue weighted by Gasteiger charge is 2.48. The predicted octanol–water partition coefficient (Wildman–Crippen LogP) is 2.78. The van der Waals surface area contributed by atoms with Gasteiger partial charge in [0.25, 0.3) is 0 Å². The minimum Gasteiger partial charge on any atom is -0.350 e. The summed E-state index contributed by atoms with van der Waals surface area (Å²) in [6.07, 6.45) is 4.53. The van der Waals surface area contributed by atoms with Crippen LogP contribution >= 0.6 is 11.3 Å². The van der Waals surface area contributed by atoms with Crippen molar-refractivity contribution in [1.82, 2.24) is 15.2 Å². The maximum absolute atomic E-state index is 12.1. The Bertz CT molecular complexity index is 663. The molecule has 4 rings (SSSR count). The molecule has 1 amide bonds. The van der Waals surface area contributed by atoms with E-state index in [4.69, 9.17) is 0 Å². The van der Waals surface area contributed by atoms with E-state index in [0.717, 1.165) is 32.5 Å². The molecule has 1 atom stereocenters. The van der Waals surface area contributed by atoms with Crippen molar-refractivity contribution in [3.63, 3.8) is 0 Å². The van der Waals surface area contributed by atoms with Crippen LogP contribution in [-0.2, 0) is 11.3 Å². The number of piperidine rings is 1. The zero-order chi connectivity index (χ0) is 15.7. The van der Waals surface area contributed by atoms with E-state index >= 15 is 0 Å². The summed E-state index contributed by atoms with van der Waals surface area (Å²) in [5.74, 6) is 0.505. The zero-order valence-electron chi connectivity index (χ0n) is 13.1. The highest BCUT2D eigenvalue weighted by Crippen LogP contribution is 2.43. The van der Waals surface area contributed by atoms with Crippen LogP contribution in [0.5, 0.6) is 0 Å². The molecule has 0 radical (unpaired) electrons. The molecule has 1 unspecified atom stereocenters. The topological polar surface area (TPSA) is 45.2 Å². The van der Waals surface area contributed by atoms with Gasteiger partial charge in [-0.1, -0.05) is 30.3 Å². The fourth-order valence-electron chi connectivity index (χ4n) is 4.02. The molecular formula is C18H21N3OS. The molecule has 2 saturated heterocycles. The van der Waals surface area contributed by atoms with Crippen LogP contribution in [0.25, 0.3) is 0 Å². The van der Waals surface area contributed by atoms with Crippen molar-refractivity contribution in [2.75, 3.05) is 13.1 Å². The quantitative estimate of drug-likeness (QED) is 0.943. The first kappa shape index (κ1) is 14.8. The van der Waals surface area contributed by atoms with Gasteiger partial charge in [0.05, 0.1) is 6.54 Å². The number of hydrogen-bond acceptors (Lipinski definition) is 4. The van der Waals surface area contributed by atoms with Gasteiger partial charge in [0.15, 0.2) is 0 Å². The number of benzene rings is 1. The molecular weight excluding hydrogens is 306 g/mol. The van der Waals surface area contributed by atoms with E-state index in [0.29, 0.717) is 12.3 Å². The Hall–Kier alpha value is -1.72. The number of thiazole rings is 1. The van der Waals surface area contributed by atoms with Crippen molar-refractivity contribution in [1.29, 1.82) is 0 Å². The average molecular weight is 327 g/mol. The lowest BCUT2D eigenvalue weighted by molar-refractivity contribution is -0.120. The second-order valence-electron chi connectivity index (χ2n) is 6.57. The Kier molecular flexibility index (Phi) is 3.91. The third-order valence-corrected chi connectivity index (χ3v) is 6.00. The monoisotopic (exact) mass is 327 g/mol. The van der Waals surface area contributed by atoms with Crippen LogP contribution in [0.15, 0.2) is 41.9 Å². The first-order chi connectivity index (χ1) is 11.3. The molecule has 2 aliphatic heterocycles. The Morgan fingerprint density at radius 3 is 2.74 bits per heavy atom. The van der Waals surface area contributed by atoms with E-state index in [2.05, 4.69) is 39.5 Å². The number of carbonyl (C=O) groups excluding carboxylic acids is 1. The molecule has 1 aromatic carbocycles. The summed E-state index contributed by atoms with van der Waals surface area (Å²) < 4.78 is 0. The second-order valence-corrected chi connectivity index (χ2v) is 7.55. The third kappa shape index (κ3) is 2.91. The van der Waals surface area contributed by atoms with Crippen molar-refractivity contribution in [2.45, 2.75) is 37.3 Å². The molecule has 0 bridgehead atoms. The largest absolute Gasteiger partial charge is 0.350 e. The van der Waals surface area contributed by atoms with Gasteiger partial charge in [-0.15, -0.1) is 11.3 Å². The molecule has 1 aromatic heterocycles. The summed E-state index contributed by atoms with van der Waals surface area (Å²) in [7, 11) is 0. The third-order valence-electron chi connectivity index (χ3n) is 5.24. The Labute approximate surface area is 140 Å². The highest BCUT2D eigenvalue weighted by molar-refractivity contribution is 7.09. The van der Waals surface area contributed by atoms with Crippen LogP contribution in [-0.4, -0.2) is 34.4 Å². The SMILES string of the molecule is O=C1CC(c2ccccc2)C2(CCN(Cc3nccs3)CC2)N1. The number of amides is 1. The van der Waals surface area contributed by atoms with Crippen molar-refractivity contribution in [3.8, 4) is 0 Å². The molecule has 3 heterocycles. The highest BCUT2D eigenvalue weighted by atomic mass is 32.1. The molecule has 0 saturated carbocycles. The lowest BCUT2D eigenvalue weighted by atomic mass is 9.74. The smallest absolute Gasteiger partial charge is 0.221 e. The van der Waals surface area contributed by atoms with Gasteiger partial charge < -0.3 is 5.32 Å². The maximum Gasteiger partial charge on any atom is 0.221 e. The van der Waals surface area contributed by atoms with Gasteiger partial charge in [0, 0.05) is 42.5 Å². The first-order valence-corrected chi connectivity index (χ1v) is 9.10. The number of rotatable bonds is 3. The van der Waals surface area contributed by atoms with Crippen molar-refractivity contribution >= 4 is 17.2 Å². The fraction of sp³-hybridized carbons (Fsp3) is 0.444. The van der Waals surface area contributed by atoms with Gasteiger partial charge in [-0.3, -0.25) is 9.69 Å². The number of carbonyl (C=O) groups is 1.